The Morgan fingerprint density at radius 3 is 2.40 bits per heavy atom. The van der Waals surface area contributed by atoms with Crippen molar-refractivity contribution in [3.8, 4) is 0 Å². The monoisotopic (exact) mass is 316 g/mol. The molecule has 1 aromatic rings. The second-order valence-electron chi connectivity index (χ2n) is 5.58. The molecule has 0 amide bonds. The zero-order chi connectivity index (χ0) is 15.2. The summed E-state index contributed by atoms with van der Waals surface area (Å²) in [7, 11) is -3.20. The molecule has 0 atom stereocenters. The van der Waals surface area contributed by atoms with Crippen molar-refractivity contribution in [2.45, 2.75) is 32.1 Å². The number of nitrogens with two attached hydrogens (primary N) is 1. The Balaban J connectivity index is 2.38. The highest BCUT2D eigenvalue weighted by atomic mass is 32.2. The molecule has 3 N–H and O–H groups in total. The Hall–Kier alpha value is -0.720. The van der Waals surface area contributed by atoms with Crippen LogP contribution in [0.1, 0.15) is 27.2 Å². The summed E-state index contributed by atoms with van der Waals surface area (Å²) < 4.78 is 26.5. The third-order valence-electron chi connectivity index (χ3n) is 3.23. The minimum atomic E-state index is -3.20. The van der Waals surface area contributed by atoms with Crippen LogP contribution < -0.4 is 10.5 Å². The van der Waals surface area contributed by atoms with Gasteiger partial charge in [0, 0.05) is 22.9 Å². The van der Waals surface area contributed by atoms with Crippen molar-refractivity contribution in [1.82, 2.24) is 4.72 Å². The molecule has 0 aliphatic rings. The Bertz CT molecular complexity index is 510. The fourth-order valence-electron chi connectivity index (χ4n) is 1.34. The number of hydrogen-bond donors (Lipinski definition) is 2. The van der Waals surface area contributed by atoms with Gasteiger partial charge in [0.15, 0.2) is 0 Å². The summed E-state index contributed by atoms with van der Waals surface area (Å²) in [5, 5.41) is 0. The molecule has 0 aliphatic heterocycles. The maximum atomic E-state index is 11.9. The van der Waals surface area contributed by atoms with Crippen LogP contribution in [0.5, 0.6) is 0 Å². The first-order chi connectivity index (χ1) is 9.24. The summed E-state index contributed by atoms with van der Waals surface area (Å²) in [6.07, 6.45) is 0.940. The number of hydrogen-bond acceptors (Lipinski definition) is 4. The molecular formula is C14H24N2O2S2. The van der Waals surface area contributed by atoms with Crippen LogP contribution >= 0.6 is 11.8 Å². The fraction of sp³-hybridized carbons (Fsp3) is 0.571. The molecule has 0 fully saturated rings. The fourth-order valence-corrected chi connectivity index (χ4v) is 3.87. The summed E-state index contributed by atoms with van der Waals surface area (Å²) >= 11 is 1.52. The molecule has 114 valence electrons. The molecule has 0 bridgehead atoms. The number of nitrogen functional groups attached to an aromatic ring is 1. The predicted molar refractivity (Wildman–Crippen MR) is 87.4 cm³/mol. The van der Waals surface area contributed by atoms with Gasteiger partial charge >= 0.3 is 0 Å². The molecular weight excluding hydrogens is 292 g/mol. The van der Waals surface area contributed by atoms with Crippen LogP contribution in [0.25, 0.3) is 0 Å². The lowest BCUT2D eigenvalue weighted by Gasteiger charge is -2.22. The first-order valence-corrected chi connectivity index (χ1v) is 9.33. The molecule has 0 heterocycles. The number of thioether (sulfide) groups is 1. The maximum Gasteiger partial charge on any atom is 0.212 e. The van der Waals surface area contributed by atoms with E-state index in [1.54, 1.807) is 0 Å². The summed E-state index contributed by atoms with van der Waals surface area (Å²) in [6, 6.07) is 7.44. The minimum Gasteiger partial charge on any atom is -0.399 e. The Kier molecular flexibility index (Phi) is 6.36. The zero-order valence-corrected chi connectivity index (χ0v) is 14.0. The molecule has 0 aliphatic carbocycles. The lowest BCUT2D eigenvalue weighted by molar-refractivity contribution is 0.350. The molecule has 1 aromatic carbocycles. The van der Waals surface area contributed by atoms with Crippen LogP contribution in [0.15, 0.2) is 29.2 Å². The largest absolute Gasteiger partial charge is 0.399 e. The SMILES string of the molecule is CCC(C)(C)CNS(=O)(=O)CCSc1ccc(N)cc1. The van der Waals surface area contributed by atoms with Crippen molar-refractivity contribution in [2.24, 2.45) is 5.41 Å². The van der Waals surface area contributed by atoms with Gasteiger partial charge in [-0.25, -0.2) is 13.1 Å². The van der Waals surface area contributed by atoms with Gasteiger partial charge in [-0.1, -0.05) is 20.8 Å². The maximum absolute atomic E-state index is 11.9. The average Bonchev–Trinajstić information content (AvgIpc) is 2.39. The Labute approximate surface area is 126 Å². The van der Waals surface area contributed by atoms with Gasteiger partial charge in [0.2, 0.25) is 10.0 Å². The quantitative estimate of drug-likeness (QED) is 0.571. The summed E-state index contributed by atoms with van der Waals surface area (Å²) in [5.41, 5.74) is 6.31. The molecule has 4 nitrogen and oxygen atoms in total. The second-order valence-corrected chi connectivity index (χ2v) is 8.67. The van der Waals surface area contributed by atoms with E-state index in [2.05, 4.69) is 25.5 Å². The molecule has 0 aromatic heterocycles. The summed E-state index contributed by atoms with van der Waals surface area (Å²) in [6.45, 7) is 6.65. The Morgan fingerprint density at radius 2 is 1.85 bits per heavy atom. The van der Waals surface area contributed by atoms with E-state index in [1.165, 1.54) is 11.8 Å². The number of anilines is 1. The van der Waals surface area contributed by atoms with Gasteiger partial charge in [0.25, 0.3) is 0 Å². The van der Waals surface area contributed by atoms with Crippen molar-refractivity contribution >= 4 is 27.5 Å². The number of nitrogens with one attached hydrogen (secondary N) is 1. The van der Waals surface area contributed by atoms with E-state index in [0.29, 0.717) is 18.0 Å². The van der Waals surface area contributed by atoms with E-state index in [9.17, 15) is 8.42 Å². The number of sulfonamides is 1. The van der Waals surface area contributed by atoms with Crippen LogP contribution in [0.2, 0.25) is 0 Å². The van der Waals surface area contributed by atoms with Crippen molar-refractivity contribution < 1.29 is 8.42 Å². The minimum absolute atomic E-state index is 0.00281. The normalized spacial score (nSPS) is 12.6. The van der Waals surface area contributed by atoms with E-state index in [1.807, 2.05) is 24.3 Å². The lowest BCUT2D eigenvalue weighted by Crippen LogP contribution is -2.35. The van der Waals surface area contributed by atoms with E-state index >= 15 is 0 Å². The summed E-state index contributed by atoms with van der Waals surface area (Å²) in [5.74, 6) is 0.660. The van der Waals surface area contributed by atoms with Crippen molar-refractivity contribution in [2.75, 3.05) is 23.8 Å². The topological polar surface area (TPSA) is 72.2 Å². The lowest BCUT2D eigenvalue weighted by atomic mass is 9.91. The van der Waals surface area contributed by atoms with Gasteiger partial charge in [-0.3, -0.25) is 0 Å². The molecule has 0 saturated heterocycles. The van der Waals surface area contributed by atoms with E-state index in [-0.39, 0.29) is 11.2 Å². The standard InChI is InChI=1S/C14H24N2O2S2/c1-4-14(2,3)11-16-20(17,18)10-9-19-13-7-5-12(15)6-8-13/h5-8,16H,4,9-11,15H2,1-3H3. The molecule has 6 heteroatoms. The number of rotatable bonds is 8. The number of benzene rings is 1. The first kappa shape index (κ1) is 17.3. The van der Waals surface area contributed by atoms with Crippen LogP contribution in [0, 0.1) is 5.41 Å². The van der Waals surface area contributed by atoms with Gasteiger partial charge in [-0.2, -0.15) is 0 Å². The third kappa shape index (κ3) is 6.63. The highest BCUT2D eigenvalue weighted by Gasteiger charge is 2.19. The molecule has 0 saturated carbocycles. The van der Waals surface area contributed by atoms with Crippen LogP contribution in [-0.4, -0.2) is 26.5 Å². The third-order valence-corrected chi connectivity index (χ3v) is 5.83. The molecule has 1 rings (SSSR count). The smallest absolute Gasteiger partial charge is 0.212 e. The van der Waals surface area contributed by atoms with Crippen LogP contribution in [-0.2, 0) is 10.0 Å². The Morgan fingerprint density at radius 1 is 1.25 bits per heavy atom. The van der Waals surface area contributed by atoms with E-state index in [4.69, 9.17) is 5.73 Å². The highest BCUT2D eigenvalue weighted by Crippen LogP contribution is 2.20. The van der Waals surface area contributed by atoms with Crippen molar-refractivity contribution in [3.05, 3.63) is 24.3 Å². The molecule has 0 spiro atoms. The van der Waals surface area contributed by atoms with Gasteiger partial charge in [-0.15, -0.1) is 11.8 Å². The van der Waals surface area contributed by atoms with E-state index in [0.717, 1.165) is 11.3 Å². The molecule has 0 radical (unpaired) electrons. The van der Waals surface area contributed by atoms with Crippen molar-refractivity contribution in [3.63, 3.8) is 0 Å². The second kappa shape index (κ2) is 7.33. The van der Waals surface area contributed by atoms with Gasteiger partial charge < -0.3 is 5.73 Å². The summed E-state index contributed by atoms with van der Waals surface area (Å²) in [4.78, 5) is 1.03. The van der Waals surface area contributed by atoms with Crippen LogP contribution in [0.4, 0.5) is 5.69 Å². The molecule has 20 heavy (non-hydrogen) atoms. The van der Waals surface area contributed by atoms with Crippen molar-refractivity contribution in [1.29, 1.82) is 0 Å². The van der Waals surface area contributed by atoms with Gasteiger partial charge in [-0.05, 0) is 36.1 Å². The first-order valence-electron chi connectivity index (χ1n) is 6.70. The van der Waals surface area contributed by atoms with Crippen LogP contribution in [0.3, 0.4) is 0 Å². The highest BCUT2D eigenvalue weighted by molar-refractivity contribution is 8.00. The predicted octanol–water partition coefficient (Wildman–Crippen LogP) is 2.72. The zero-order valence-electron chi connectivity index (χ0n) is 12.3. The van der Waals surface area contributed by atoms with E-state index < -0.39 is 10.0 Å². The van der Waals surface area contributed by atoms with Gasteiger partial charge in [0.1, 0.15) is 0 Å². The molecule has 0 unspecified atom stereocenters. The average molecular weight is 316 g/mol. The van der Waals surface area contributed by atoms with Gasteiger partial charge in [0.05, 0.1) is 5.75 Å².